The maximum Gasteiger partial charge on any atom is 0.342 e. The van der Waals surface area contributed by atoms with Crippen molar-refractivity contribution in [1.29, 1.82) is 0 Å². The summed E-state index contributed by atoms with van der Waals surface area (Å²) in [6, 6.07) is 6.39. The van der Waals surface area contributed by atoms with E-state index < -0.39 is 33.8 Å². The van der Waals surface area contributed by atoms with Crippen molar-refractivity contribution in [3.63, 3.8) is 0 Å². The second kappa shape index (κ2) is 5.88. The molecule has 0 saturated heterocycles. The summed E-state index contributed by atoms with van der Waals surface area (Å²) in [4.78, 5) is 21.3. The Labute approximate surface area is 121 Å². The number of hydrogen-bond donors (Lipinski definition) is 1. The highest BCUT2D eigenvalue weighted by Crippen LogP contribution is 2.33. The number of nitro benzene ring substituents is 1. The van der Waals surface area contributed by atoms with Gasteiger partial charge in [0.2, 0.25) is 0 Å². The molecule has 108 valence electrons. The molecule has 0 amide bonds. The lowest BCUT2D eigenvalue weighted by atomic mass is 10.2. The van der Waals surface area contributed by atoms with Crippen LogP contribution in [0.5, 0.6) is 0 Å². The molecule has 0 aliphatic rings. The van der Waals surface area contributed by atoms with Gasteiger partial charge in [-0.05, 0) is 24.3 Å². The highest BCUT2D eigenvalue weighted by molar-refractivity contribution is 7.99. The van der Waals surface area contributed by atoms with Crippen LogP contribution in [0.25, 0.3) is 0 Å². The Balaban J connectivity index is 2.39. The molecule has 1 N–H and O–H groups in total. The van der Waals surface area contributed by atoms with E-state index >= 15 is 0 Å². The van der Waals surface area contributed by atoms with E-state index in [0.717, 1.165) is 30.0 Å². The van der Waals surface area contributed by atoms with Crippen molar-refractivity contribution in [2.75, 3.05) is 0 Å². The smallest absolute Gasteiger partial charge is 0.342 e. The van der Waals surface area contributed by atoms with Crippen LogP contribution < -0.4 is 0 Å². The Morgan fingerprint density at radius 2 is 1.90 bits per heavy atom. The summed E-state index contributed by atoms with van der Waals surface area (Å²) in [6.07, 6.45) is 0. The molecule has 0 bridgehead atoms. The number of aromatic carboxylic acids is 1. The molecular formula is C13H7F2NO4S. The molecule has 2 rings (SSSR count). The average Bonchev–Trinajstić information content (AvgIpc) is 2.41. The summed E-state index contributed by atoms with van der Waals surface area (Å²) in [7, 11) is 0. The molecule has 5 nitrogen and oxygen atoms in total. The number of benzene rings is 2. The highest BCUT2D eigenvalue weighted by Gasteiger charge is 2.20. The Morgan fingerprint density at radius 3 is 2.48 bits per heavy atom. The average molecular weight is 311 g/mol. The molecule has 0 aliphatic carbocycles. The Bertz CT molecular complexity index is 736. The van der Waals surface area contributed by atoms with Gasteiger partial charge in [-0.15, -0.1) is 0 Å². The Morgan fingerprint density at radius 1 is 1.19 bits per heavy atom. The Kier molecular flexibility index (Phi) is 4.18. The maximum atomic E-state index is 13.5. The molecule has 0 fully saturated rings. The second-order valence-corrected chi connectivity index (χ2v) is 5.03. The van der Waals surface area contributed by atoms with Gasteiger partial charge in [0.15, 0.2) is 0 Å². The molecule has 0 radical (unpaired) electrons. The number of hydrogen-bond acceptors (Lipinski definition) is 4. The summed E-state index contributed by atoms with van der Waals surface area (Å²) in [6.45, 7) is 0. The van der Waals surface area contributed by atoms with Gasteiger partial charge in [0, 0.05) is 21.9 Å². The van der Waals surface area contributed by atoms with Gasteiger partial charge in [0.1, 0.15) is 17.2 Å². The van der Waals surface area contributed by atoms with E-state index in [1.54, 1.807) is 0 Å². The molecule has 0 aliphatic heterocycles. The van der Waals surface area contributed by atoms with Crippen molar-refractivity contribution in [2.45, 2.75) is 9.79 Å². The molecule has 8 heteroatoms. The molecule has 21 heavy (non-hydrogen) atoms. The number of carboxylic acid groups (broad SMARTS) is 1. The van der Waals surface area contributed by atoms with Crippen LogP contribution >= 0.6 is 11.8 Å². The van der Waals surface area contributed by atoms with Crippen molar-refractivity contribution in [1.82, 2.24) is 0 Å². The first kappa shape index (κ1) is 14.9. The second-order valence-electron chi connectivity index (χ2n) is 3.92. The zero-order valence-corrected chi connectivity index (χ0v) is 11.1. The van der Waals surface area contributed by atoms with Crippen molar-refractivity contribution in [3.8, 4) is 0 Å². The van der Waals surface area contributed by atoms with Gasteiger partial charge in [-0.2, -0.15) is 0 Å². The molecule has 2 aromatic rings. The third-order valence-corrected chi connectivity index (χ3v) is 3.56. The van der Waals surface area contributed by atoms with Gasteiger partial charge in [-0.3, -0.25) is 10.1 Å². The van der Waals surface area contributed by atoms with Crippen LogP contribution in [0.4, 0.5) is 14.5 Å². The number of carbonyl (C=O) groups is 1. The fraction of sp³-hybridized carbons (Fsp3) is 0. The monoisotopic (exact) mass is 311 g/mol. The SMILES string of the molecule is O=C(O)c1cc(Sc2ccc(F)cc2F)ccc1[N+](=O)[O-]. The summed E-state index contributed by atoms with van der Waals surface area (Å²) in [5.41, 5.74) is -1.04. The van der Waals surface area contributed by atoms with Crippen molar-refractivity contribution in [3.05, 3.63) is 63.7 Å². The number of rotatable bonds is 4. The van der Waals surface area contributed by atoms with E-state index in [2.05, 4.69) is 0 Å². The van der Waals surface area contributed by atoms with Gasteiger partial charge >= 0.3 is 5.97 Å². The first-order valence-electron chi connectivity index (χ1n) is 5.53. The third-order valence-electron chi connectivity index (χ3n) is 2.52. The highest BCUT2D eigenvalue weighted by atomic mass is 32.2. The number of carboxylic acids is 1. The maximum absolute atomic E-state index is 13.5. The standard InChI is InChI=1S/C13H7F2NO4S/c14-7-1-4-12(10(15)5-7)21-8-2-3-11(16(19)20)9(6-8)13(17)18/h1-6H,(H,17,18). The van der Waals surface area contributed by atoms with E-state index in [1.165, 1.54) is 12.1 Å². The van der Waals surface area contributed by atoms with Gasteiger partial charge < -0.3 is 5.11 Å². The third kappa shape index (κ3) is 3.34. The first-order valence-corrected chi connectivity index (χ1v) is 6.35. The number of nitrogens with zero attached hydrogens (tertiary/aromatic N) is 1. The van der Waals surface area contributed by atoms with Crippen LogP contribution in [0, 0.1) is 21.7 Å². The fourth-order valence-electron chi connectivity index (χ4n) is 1.59. The van der Waals surface area contributed by atoms with E-state index in [0.29, 0.717) is 11.0 Å². The van der Waals surface area contributed by atoms with Crippen LogP contribution in [0.2, 0.25) is 0 Å². The van der Waals surface area contributed by atoms with Gasteiger partial charge in [-0.25, -0.2) is 13.6 Å². The molecule has 2 aromatic carbocycles. The molecular weight excluding hydrogens is 304 g/mol. The molecule has 0 aromatic heterocycles. The largest absolute Gasteiger partial charge is 0.477 e. The Hall–Kier alpha value is -2.48. The van der Waals surface area contributed by atoms with Crippen molar-refractivity contribution in [2.24, 2.45) is 0 Å². The lowest BCUT2D eigenvalue weighted by Crippen LogP contribution is -2.02. The summed E-state index contributed by atoms with van der Waals surface area (Å²) in [5, 5.41) is 19.7. The van der Waals surface area contributed by atoms with Crippen LogP contribution in [-0.4, -0.2) is 16.0 Å². The van der Waals surface area contributed by atoms with E-state index in [4.69, 9.17) is 5.11 Å². The number of halogens is 2. The lowest BCUT2D eigenvalue weighted by Gasteiger charge is -2.05. The molecule has 0 spiro atoms. The zero-order chi connectivity index (χ0) is 15.6. The molecule has 0 heterocycles. The molecule has 0 saturated carbocycles. The zero-order valence-electron chi connectivity index (χ0n) is 10.2. The van der Waals surface area contributed by atoms with Crippen molar-refractivity contribution < 1.29 is 23.6 Å². The van der Waals surface area contributed by atoms with Gasteiger partial charge in [0.25, 0.3) is 5.69 Å². The van der Waals surface area contributed by atoms with E-state index in [-0.39, 0.29) is 4.90 Å². The summed E-state index contributed by atoms with van der Waals surface area (Å²) >= 11 is 0.847. The first-order chi connectivity index (χ1) is 9.88. The summed E-state index contributed by atoms with van der Waals surface area (Å²) in [5.74, 6) is -2.98. The fourth-order valence-corrected chi connectivity index (χ4v) is 2.45. The van der Waals surface area contributed by atoms with Gasteiger partial charge in [-0.1, -0.05) is 11.8 Å². The normalized spacial score (nSPS) is 10.4. The van der Waals surface area contributed by atoms with Crippen LogP contribution in [0.3, 0.4) is 0 Å². The quantitative estimate of drug-likeness (QED) is 0.687. The minimum atomic E-state index is -1.45. The number of nitro groups is 1. The van der Waals surface area contributed by atoms with E-state index in [9.17, 15) is 23.7 Å². The minimum Gasteiger partial charge on any atom is -0.477 e. The van der Waals surface area contributed by atoms with Crippen LogP contribution in [-0.2, 0) is 0 Å². The lowest BCUT2D eigenvalue weighted by molar-refractivity contribution is -0.385. The minimum absolute atomic E-state index is 0.0848. The van der Waals surface area contributed by atoms with Gasteiger partial charge in [0.05, 0.1) is 4.92 Å². The molecule has 0 atom stereocenters. The summed E-state index contributed by atoms with van der Waals surface area (Å²) < 4.78 is 26.3. The molecule has 0 unspecified atom stereocenters. The van der Waals surface area contributed by atoms with Crippen LogP contribution in [0.15, 0.2) is 46.2 Å². The topological polar surface area (TPSA) is 80.4 Å². The predicted octanol–water partition coefficient (Wildman–Crippen LogP) is 3.72. The van der Waals surface area contributed by atoms with E-state index in [1.807, 2.05) is 0 Å². The van der Waals surface area contributed by atoms with Crippen LogP contribution in [0.1, 0.15) is 10.4 Å². The predicted molar refractivity (Wildman–Crippen MR) is 70.5 cm³/mol. The van der Waals surface area contributed by atoms with Crippen molar-refractivity contribution >= 4 is 23.4 Å².